The van der Waals surface area contributed by atoms with Gasteiger partial charge >= 0.3 is 0 Å². The molecule has 3 heterocycles. The molecule has 5 heteroatoms. The molecule has 24 heavy (non-hydrogen) atoms. The molecule has 3 rings (SSSR count). The number of ether oxygens (including phenoxy) is 2. The molecule has 130 valence electrons. The van der Waals surface area contributed by atoms with E-state index in [0.717, 1.165) is 11.4 Å². The summed E-state index contributed by atoms with van der Waals surface area (Å²) in [6, 6.07) is 5.79. The highest BCUT2D eigenvalue weighted by atomic mass is 16.5. The standard InChI is InChI=1S/C19H27N3O2/c1-18(2,3)14-10-20-16(23-14)12-8-7-9-13(22-12)17-21-11-15(24-17)19(4,5)6/h7-9,14-15H,10-11H2,1-6H3. The van der Waals surface area contributed by atoms with Crippen LogP contribution in [0, 0.1) is 10.8 Å². The predicted molar refractivity (Wildman–Crippen MR) is 95.7 cm³/mol. The van der Waals surface area contributed by atoms with Gasteiger partial charge in [0.25, 0.3) is 0 Å². The number of pyridine rings is 1. The van der Waals surface area contributed by atoms with Gasteiger partial charge in [0.1, 0.15) is 23.6 Å². The zero-order chi connectivity index (χ0) is 17.5. The molecule has 2 atom stereocenters. The van der Waals surface area contributed by atoms with E-state index in [-0.39, 0.29) is 23.0 Å². The van der Waals surface area contributed by atoms with E-state index in [2.05, 4.69) is 56.5 Å². The number of rotatable bonds is 2. The van der Waals surface area contributed by atoms with Gasteiger partial charge < -0.3 is 9.47 Å². The Bertz CT molecular complexity index is 625. The predicted octanol–water partition coefficient (Wildman–Crippen LogP) is 3.46. The molecule has 0 fully saturated rings. The van der Waals surface area contributed by atoms with Crippen molar-refractivity contribution >= 4 is 11.8 Å². The molecule has 1 aromatic heterocycles. The smallest absolute Gasteiger partial charge is 0.235 e. The van der Waals surface area contributed by atoms with Crippen molar-refractivity contribution in [2.24, 2.45) is 20.8 Å². The van der Waals surface area contributed by atoms with E-state index < -0.39 is 0 Å². The molecule has 5 nitrogen and oxygen atoms in total. The quantitative estimate of drug-likeness (QED) is 0.835. The molecule has 2 aliphatic heterocycles. The zero-order valence-electron chi connectivity index (χ0n) is 15.5. The van der Waals surface area contributed by atoms with E-state index in [1.54, 1.807) is 0 Å². The zero-order valence-corrected chi connectivity index (χ0v) is 15.5. The maximum absolute atomic E-state index is 6.01. The topological polar surface area (TPSA) is 56.1 Å². The molecule has 0 saturated heterocycles. The van der Waals surface area contributed by atoms with Crippen molar-refractivity contribution in [3.63, 3.8) is 0 Å². The molecule has 0 bridgehead atoms. The van der Waals surface area contributed by atoms with E-state index in [0.29, 0.717) is 24.9 Å². The summed E-state index contributed by atoms with van der Waals surface area (Å²) in [6.45, 7) is 14.3. The fraction of sp³-hybridized carbons (Fsp3) is 0.632. The number of nitrogens with zero attached hydrogens (tertiary/aromatic N) is 3. The molecular formula is C19H27N3O2. The summed E-state index contributed by atoms with van der Waals surface area (Å²) >= 11 is 0. The highest BCUT2D eigenvalue weighted by Crippen LogP contribution is 2.28. The normalized spacial score (nSPS) is 24.2. The highest BCUT2D eigenvalue weighted by Gasteiger charge is 2.34. The van der Waals surface area contributed by atoms with E-state index in [4.69, 9.17) is 9.47 Å². The van der Waals surface area contributed by atoms with Gasteiger partial charge in [0.15, 0.2) is 0 Å². The van der Waals surface area contributed by atoms with E-state index in [1.807, 2.05) is 18.2 Å². The Balaban J connectivity index is 1.75. The molecule has 0 aliphatic carbocycles. The lowest BCUT2D eigenvalue weighted by Gasteiger charge is -2.26. The third-order valence-corrected chi connectivity index (χ3v) is 4.43. The second-order valence-corrected chi connectivity index (χ2v) is 8.64. The van der Waals surface area contributed by atoms with Gasteiger partial charge in [0, 0.05) is 10.8 Å². The van der Waals surface area contributed by atoms with Gasteiger partial charge in [-0.05, 0) is 12.1 Å². The summed E-state index contributed by atoms with van der Waals surface area (Å²) in [5.74, 6) is 1.23. The maximum atomic E-state index is 6.01. The lowest BCUT2D eigenvalue weighted by atomic mass is 9.89. The molecule has 0 aromatic carbocycles. The van der Waals surface area contributed by atoms with Gasteiger partial charge in [-0.15, -0.1) is 0 Å². The van der Waals surface area contributed by atoms with E-state index in [9.17, 15) is 0 Å². The largest absolute Gasteiger partial charge is 0.471 e. The Morgan fingerprint density at radius 3 is 1.54 bits per heavy atom. The molecule has 0 amide bonds. The number of aromatic nitrogens is 1. The van der Waals surface area contributed by atoms with E-state index >= 15 is 0 Å². The minimum atomic E-state index is 0.0570. The average molecular weight is 329 g/mol. The Kier molecular flexibility index (Phi) is 4.14. The number of hydrogen-bond donors (Lipinski definition) is 0. The average Bonchev–Trinajstić information content (AvgIpc) is 3.16. The molecule has 0 N–H and O–H groups in total. The van der Waals surface area contributed by atoms with Gasteiger partial charge in [-0.1, -0.05) is 47.6 Å². The molecule has 0 spiro atoms. The molecule has 0 saturated carbocycles. The third kappa shape index (κ3) is 3.45. The molecule has 2 aliphatic rings. The lowest BCUT2D eigenvalue weighted by Crippen LogP contribution is -2.30. The van der Waals surface area contributed by atoms with Crippen LogP contribution in [0.2, 0.25) is 0 Å². The minimum absolute atomic E-state index is 0.0570. The number of hydrogen-bond acceptors (Lipinski definition) is 5. The minimum Gasteiger partial charge on any atom is -0.471 e. The van der Waals surface area contributed by atoms with Gasteiger partial charge in [0.05, 0.1) is 13.1 Å². The third-order valence-electron chi connectivity index (χ3n) is 4.43. The summed E-state index contributed by atoms with van der Waals surface area (Å²) in [6.07, 6.45) is 0.173. The van der Waals surface area contributed by atoms with Crippen molar-refractivity contribution in [1.82, 2.24) is 4.98 Å². The van der Waals surface area contributed by atoms with Crippen molar-refractivity contribution in [3.05, 3.63) is 29.6 Å². The fourth-order valence-corrected chi connectivity index (χ4v) is 2.61. The Labute approximate surface area is 144 Å². The van der Waals surface area contributed by atoms with Crippen LogP contribution in [0.5, 0.6) is 0 Å². The van der Waals surface area contributed by atoms with Crippen LogP contribution in [0.3, 0.4) is 0 Å². The summed E-state index contributed by atoms with van der Waals surface area (Å²) < 4.78 is 12.0. The Morgan fingerprint density at radius 1 is 0.792 bits per heavy atom. The van der Waals surface area contributed by atoms with Crippen LogP contribution >= 0.6 is 0 Å². The monoisotopic (exact) mass is 329 g/mol. The molecule has 0 radical (unpaired) electrons. The summed E-state index contributed by atoms with van der Waals surface area (Å²) in [5.41, 5.74) is 1.59. The van der Waals surface area contributed by atoms with Gasteiger partial charge in [-0.25, -0.2) is 15.0 Å². The van der Waals surface area contributed by atoms with Crippen LogP contribution in [0.4, 0.5) is 0 Å². The van der Waals surface area contributed by atoms with Crippen LogP contribution < -0.4 is 0 Å². The van der Waals surface area contributed by atoms with Crippen molar-refractivity contribution in [1.29, 1.82) is 0 Å². The van der Waals surface area contributed by atoms with Crippen LogP contribution in [-0.2, 0) is 9.47 Å². The fourth-order valence-electron chi connectivity index (χ4n) is 2.61. The first kappa shape index (κ1) is 16.9. The van der Waals surface area contributed by atoms with Gasteiger partial charge in [0.2, 0.25) is 11.8 Å². The molecule has 1 aromatic rings. The van der Waals surface area contributed by atoms with Crippen molar-refractivity contribution in [2.75, 3.05) is 13.1 Å². The second-order valence-electron chi connectivity index (χ2n) is 8.64. The maximum Gasteiger partial charge on any atom is 0.235 e. The van der Waals surface area contributed by atoms with Crippen molar-refractivity contribution in [3.8, 4) is 0 Å². The SMILES string of the molecule is CC(C)(C)C1CN=C(c2cccc(C3=NCC(C(C)(C)C)O3)n2)O1. The number of aliphatic imine (C=N–C) groups is 2. The van der Waals surface area contributed by atoms with Crippen LogP contribution in [0.25, 0.3) is 0 Å². The first-order valence-electron chi connectivity index (χ1n) is 8.54. The lowest BCUT2D eigenvalue weighted by molar-refractivity contribution is 0.102. The van der Waals surface area contributed by atoms with Gasteiger partial charge in [-0.2, -0.15) is 0 Å². The first-order valence-corrected chi connectivity index (χ1v) is 8.54. The second kappa shape index (κ2) is 5.87. The summed E-state index contributed by atoms with van der Waals surface area (Å²) in [7, 11) is 0. The molecular weight excluding hydrogens is 302 g/mol. The van der Waals surface area contributed by atoms with Gasteiger partial charge in [-0.3, -0.25) is 0 Å². The summed E-state index contributed by atoms with van der Waals surface area (Å²) in [4.78, 5) is 13.7. The van der Waals surface area contributed by atoms with Crippen LogP contribution in [0.1, 0.15) is 52.9 Å². The van der Waals surface area contributed by atoms with Crippen molar-refractivity contribution < 1.29 is 9.47 Å². The van der Waals surface area contributed by atoms with Crippen LogP contribution in [-0.4, -0.2) is 42.1 Å². The Hall–Kier alpha value is -1.91. The Morgan fingerprint density at radius 2 is 1.21 bits per heavy atom. The van der Waals surface area contributed by atoms with Crippen LogP contribution in [0.15, 0.2) is 28.2 Å². The molecule has 2 unspecified atom stereocenters. The van der Waals surface area contributed by atoms with E-state index in [1.165, 1.54) is 0 Å². The highest BCUT2D eigenvalue weighted by molar-refractivity contribution is 5.97. The van der Waals surface area contributed by atoms with Crippen molar-refractivity contribution in [2.45, 2.75) is 53.8 Å². The summed E-state index contributed by atoms with van der Waals surface area (Å²) in [5, 5.41) is 0. The first-order chi connectivity index (χ1) is 11.1.